The number of rotatable bonds is 10. The van der Waals surface area contributed by atoms with Gasteiger partial charge >= 0.3 is 0 Å². The van der Waals surface area contributed by atoms with Crippen molar-refractivity contribution in [3.63, 3.8) is 0 Å². The molecule has 0 fully saturated rings. The molecule has 30 heavy (non-hydrogen) atoms. The van der Waals surface area contributed by atoms with Crippen molar-refractivity contribution in [2.75, 3.05) is 17.9 Å². The Morgan fingerprint density at radius 1 is 1.03 bits per heavy atom. The number of nitrogens with zero attached hydrogens (tertiary/aromatic N) is 1. The number of aryl methyl sites for hydroxylation is 1. The van der Waals surface area contributed by atoms with E-state index in [-0.39, 0.29) is 17.6 Å². The van der Waals surface area contributed by atoms with Gasteiger partial charge in [-0.25, -0.2) is 0 Å². The fraction of sp³-hybridized carbons (Fsp3) is 0.250. The number of Topliss-reactive ketones (excluding diaryl/α,β-unsaturated/α-hetero) is 1. The number of ketones is 1. The van der Waals surface area contributed by atoms with E-state index in [0.717, 1.165) is 17.7 Å². The minimum Gasteiger partial charge on any atom is -0.497 e. The Labute approximate surface area is 186 Å². The van der Waals surface area contributed by atoms with Crippen LogP contribution in [-0.2, 0) is 16.0 Å². The van der Waals surface area contributed by atoms with Crippen molar-refractivity contribution in [1.29, 1.82) is 0 Å². The molecule has 1 heterocycles. The van der Waals surface area contributed by atoms with E-state index in [4.69, 9.17) is 16.3 Å². The highest BCUT2D eigenvalue weighted by Crippen LogP contribution is 2.33. The van der Waals surface area contributed by atoms with Gasteiger partial charge < -0.3 is 4.74 Å². The summed E-state index contributed by atoms with van der Waals surface area (Å²) in [5, 5.41) is 1.91. The lowest BCUT2D eigenvalue weighted by molar-refractivity contribution is -0.124. The summed E-state index contributed by atoms with van der Waals surface area (Å²) in [6.07, 6.45) is 1.91. The predicted octanol–water partition coefficient (Wildman–Crippen LogP) is 5.66. The van der Waals surface area contributed by atoms with E-state index in [1.807, 2.05) is 35.7 Å². The van der Waals surface area contributed by atoms with Gasteiger partial charge in [0.05, 0.1) is 7.11 Å². The lowest BCUT2D eigenvalue weighted by Crippen LogP contribution is -2.39. The van der Waals surface area contributed by atoms with Crippen molar-refractivity contribution in [2.24, 2.45) is 0 Å². The number of thiophene rings is 1. The van der Waals surface area contributed by atoms with E-state index >= 15 is 0 Å². The summed E-state index contributed by atoms with van der Waals surface area (Å²) in [7, 11) is 1.58. The zero-order valence-electron chi connectivity index (χ0n) is 16.8. The fourth-order valence-electron chi connectivity index (χ4n) is 3.37. The van der Waals surface area contributed by atoms with Crippen LogP contribution in [0.2, 0.25) is 0 Å². The van der Waals surface area contributed by atoms with Crippen LogP contribution in [0.1, 0.15) is 29.3 Å². The molecular formula is C24H24ClNO3S. The lowest BCUT2D eigenvalue weighted by Gasteiger charge is -2.30. The Kier molecular flexibility index (Phi) is 8.05. The highest BCUT2D eigenvalue weighted by Gasteiger charge is 2.32. The van der Waals surface area contributed by atoms with E-state index in [9.17, 15) is 9.59 Å². The molecule has 6 heteroatoms. The Bertz CT molecular complexity index is 942. The third-order valence-corrected chi connectivity index (χ3v) is 5.99. The lowest BCUT2D eigenvalue weighted by atomic mass is 10.0. The molecule has 3 rings (SSSR count). The van der Waals surface area contributed by atoms with Gasteiger partial charge in [0, 0.05) is 17.0 Å². The topological polar surface area (TPSA) is 46.6 Å². The molecule has 156 valence electrons. The van der Waals surface area contributed by atoms with Crippen molar-refractivity contribution in [2.45, 2.75) is 25.3 Å². The summed E-state index contributed by atoms with van der Waals surface area (Å²) in [4.78, 5) is 28.5. The van der Waals surface area contributed by atoms with Crippen molar-refractivity contribution in [1.82, 2.24) is 0 Å². The monoisotopic (exact) mass is 441 g/mol. The molecular weight excluding hydrogens is 418 g/mol. The van der Waals surface area contributed by atoms with Crippen LogP contribution in [0, 0.1) is 0 Å². The number of halogens is 1. The molecule has 1 atom stereocenters. The number of carbonyl (C=O) groups is 2. The number of anilines is 1. The summed E-state index contributed by atoms with van der Waals surface area (Å²) in [6, 6.07) is 20.3. The van der Waals surface area contributed by atoms with Gasteiger partial charge in [-0.05, 0) is 54.1 Å². The Morgan fingerprint density at radius 2 is 1.77 bits per heavy atom. The number of methoxy groups -OCH3 is 1. The van der Waals surface area contributed by atoms with Gasteiger partial charge in [-0.2, -0.15) is 0 Å². The van der Waals surface area contributed by atoms with Crippen molar-refractivity contribution < 1.29 is 14.3 Å². The van der Waals surface area contributed by atoms with Crippen LogP contribution in [0.3, 0.4) is 0 Å². The minimum atomic E-state index is -0.694. The third kappa shape index (κ3) is 5.49. The van der Waals surface area contributed by atoms with Crippen LogP contribution < -0.4 is 9.64 Å². The maximum atomic E-state index is 13.3. The van der Waals surface area contributed by atoms with Gasteiger partial charge in [-0.15, -0.1) is 22.9 Å². The van der Waals surface area contributed by atoms with Gasteiger partial charge in [0.1, 0.15) is 17.7 Å². The maximum Gasteiger partial charge on any atom is 0.242 e. The molecule has 0 bridgehead atoms. The minimum absolute atomic E-state index is 0.00247. The Morgan fingerprint density at radius 3 is 2.37 bits per heavy atom. The molecule has 1 amide bonds. The molecule has 1 unspecified atom stereocenters. The molecule has 4 nitrogen and oxygen atoms in total. The van der Waals surface area contributed by atoms with Gasteiger partial charge in [0.25, 0.3) is 0 Å². The number of hydrogen-bond donors (Lipinski definition) is 0. The summed E-state index contributed by atoms with van der Waals surface area (Å²) in [5.41, 5.74) is 1.82. The number of ether oxygens (including phenoxy) is 1. The van der Waals surface area contributed by atoms with Crippen molar-refractivity contribution in [3.05, 3.63) is 82.6 Å². The maximum absolute atomic E-state index is 13.3. The van der Waals surface area contributed by atoms with E-state index in [1.165, 1.54) is 21.8 Å². The second kappa shape index (κ2) is 11.0. The summed E-state index contributed by atoms with van der Waals surface area (Å²) < 4.78 is 5.22. The van der Waals surface area contributed by atoms with E-state index in [2.05, 4.69) is 12.1 Å². The normalized spacial score (nSPS) is 11.7. The molecule has 0 saturated carbocycles. The van der Waals surface area contributed by atoms with Crippen LogP contribution >= 0.6 is 22.9 Å². The molecule has 0 saturated heterocycles. The van der Waals surface area contributed by atoms with Crippen LogP contribution in [0.5, 0.6) is 5.75 Å². The molecule has 3 aromatic rings. The zero-order chi connectivity index (χ0) is 21.3. The number of carbonyl (C=O) groups excluding carboxylic acids is 2. The van der Waals surface area contributed by atoms with Crippen molar-refractivity contribution >= 4 is 40.3 Å². The average Bonchev–Trinajstić information content (AvgIpc) is 3.32. The summed E-state index contributed by atoms with van der Waals surface area (Å²) in [6.45, 7) is 0. The third-order valence-electron chi connectivity index (χ3n) is 4.84. The number of alkyl halides is 1. The summed E-state index contributed by atoms with van der Waals surface area (Å²) in [5.74, 6) is 0.170. The molecule has 1 aromatic heterocycles. The molecule has 0 aliphatic carbocycles. The summed E-state index contributed by atoms with van der Waals surface area (Å²) >= 11 is 7.39. The molecule has 0 aliphatic heterocycles. The van der Waals surface area contributed by atoms with Crippen LogP contribution in [0.25, 0.3) is 0 Å². The first-order valence-corrected chi connectivity index (χ1v) is 11.2. The highest BCUT2D eigenvalue weighted by molar-refractivity contribution is 7.10. The smallest absolute Gasteiger partial charge is 0.242 e. The highest BCUT2D eigenvalue weighted by atomic mass is 35.5. The second-order valence-electron chi connectivity index (χ2n) is 6.82. The fourth-order valence-corrected chi connectivity index (χ4v) is 4.34. The standard InChI is InChI=1S/C24H24ClNO3S/c1-29-20-14-12-19(13-15-20)26(23(28)17-25)24(22-11-6-16-30-22)21(27)10-5-9-18-7-3-2-4-8-18/h2-4,6-8,11-16,24H,5,9-10,17H2,1H3. The first-order chi connectivity index (χ1) is 14.6. The molecule has 0 N–H and O–H groups in total. The largest absolute Gasteiger partial charge is 0.497 e. The molecule has 0 radical (unpaired) electrons. The van der Waals surface area contributed by atoms with Gasteiger partial charge in [0.2, 0.25) is 5.91 Å². The van der Waals surface area contributed by atoms with Crippen molar-refractivity contribution in [3.8, 4) is 5.75 Å². The van der Waals surface area contributed by atoms with E-state index in [1.54, 1.807) is 31.4 Å². The Balaban J connectivity index is 1.85. The quantitative estimate of drug-likeness (QED) is 0.381. The zero-order valence-corrected chi connectivity index (χ0v) is 18.4. The van der Waals surface area contributed by atoms with Crippen LogP contribution in [0.15, 0.2) is 72.1 Å². The van der Waals surface area contributed by atoms with Gasteiger partial charge in [-0.1, -0.05) is 36.4 Å². The van der Waals surface area contributed by atoms with E-state index < -0.39 is 6.04 Å². The first-order valence-electron chi connectivity index (χ1n) is 9.76. The molecule has 0 spiro atoms. The predicted molar refractivity (Wildman–Crippen MR) is 123 cm³/mol. The van der Waals surface area contributed by atoms with Gasteiger partial charge in [-0.3, -0.25) is 14.5 Å². The SMILES string of the molecule is COc1ccc(N(C(=O)CCl)C(C(=O)CCCc2ccccc2)c2cccs2)cc1. The Hall–Kier alpha value is -2.63. The number of hydrogen-bond acceptors (Lipinski definition) is 4. The molecule has 2 aromatic carbocycles. The first kappa shape index (κ1) is 22.1. The number of amides is 1. The number of benzene rings is 2. The van der Waals surface area contributed by atoms with Crippen LogP contribution in [0.4, 0.5) is 5.69 Å². The average molecular weight is 442 g/mol. The van der Waals surface area contributed by atoms with Gasteiger partial charge in [0.15, 0.2) is 5.78 Å². The van der Waals surface area contributed by atoms with Crippen LogP contribution in [-0.4, -0.2) is 24.7 Å². The second-order valence-corrected chi connectivity index (χ2v) is 8.07. The van der Waals surface area contributed by atoms with E-state index in [0.29, 0.717) is 17.9 Å². The molecule has 0 aliphatic rings.